The monoisotopic (exact) mass is 554 g/mol. The molecule has 3 aromatic carbocycles. The summed E-state index contributed by atoms with van der Waals surface area (Å²) in [5, 5.41) is 18.5. The molecular formula is C27H30N4O5S2. The van der Waals surface area contributed by atoms with Crippen LogP contribution in [0.25, 0.3) is 0 Å². The van der Waals surface area contributed by atoms with Crippen molar-refractivity contribution >= 4 is 38.2 Å². The van der Waals surface area contributed by atoms with E-state index < -0.39 is 16.2 Å². The van der Waals surface area contributed by atoms with Crippen molar-refractivity contribution in [1.82, 2.24) is 10.3 Å². The van der Waals surface area contributed by atoms with E-state index in [1.807, 2.05) is 54.6 Å². The summed E-state index contributed by atoms with van der Waals surface area (Å²) < 4.78 is 29.2. The maximum atomic E-state index is 12.0. The number of anilines is 2. The highest BCUT2D eigenvalue weighted by atomic mass is 32.2. The molecule has 6 N–H and O–H groups in total. The van der Waals surface area contributed by atoms with Gasteiger partial charge in [-0.1, -0.05) is 60.7 Å². The lowest BCUT2D eigenvalue weighted by atomic mass is 10.1. The number of aliphatic hydroxyl groups is 1. The van der Waals surface area contributed by atoms with Gasteiger partial charge in [-0.05, 0) is 48.4 Å². The lowest BCUT2D eigenvalue weighted by Gasteiger charge is -2.12. The van der Waals surface area contributed by atoms with E-state index in [0.717, 1.165) is 29.8 Å². The maximum Gasteiger partial charge on any atom is 0.294 e. The molecule has 0 bridgehead atoms. The van der Waals surface area contributed by atoms with E-state index >= 15 is 0 Å². The highest BCUT2D eigenvalue weighted by Gasteiger charge is 2.08. The number of amides is 1. The molecule has 0 aliphatic heterocycles. The number of aliphatic hydroxyl groups excluding tert-OH is 1. The van der Waals surface area contributed by atoms with Crippen molar-refractivity contribution in [1.29, 1.82) is 0 Å². The molecule has 0 saturated heterocycles. The number of nitrogens with two attached hydrogens (primary N) is 1. The Morgan fingerprint density at radius 3 is 2.16 bits per heavy atom. The molecule has 0 aliphatic rings. The van der Waals surface area contributed by atoms with E-state index in [9.17, 15) is 18.3 Å². The largest absolute Gasteiger partial charge is 0.387 e. The SMILES string of the molecule is Nc1nc(CC(=O)Nc2ccc(CCNC[C@H](O)c3ccccc3)cc2)cs1.O=S(=O)(O)c1ccccc1. The Balaban J connectivity index is 0.000000336. The third-order valence-electron chi connectivity index (χ3n) is 5.30. The van der Waals surface area contributed by atoms with E-state index in [1.165, 1.54) is 23.5 Å². The fraction of sp³-hybridized carbons (Fsp3) is 0.185. The van der Waals surface area contributed by atoms with Crippen LogP contribution in [0.1, 0.15) is 22.9 Å². The smallest absolute Gasteiger partial charge is 0.294 e. The molecule has 9 nitrogen and oxygen atoms in total. The maximum absolute atomic E-state index is 12.0. The predicted molar refractivity (Wildman–Crippen MR) is 150 cm³/mol. The van der Waals surface area contributed by atoms with Gasteiger partial charge in [0, 0.05) is 17.6 Å². The van der Waals surface area contributed by atoms with Crippen molar-refractivity contribution < 1.29 is 22.9 Å². The zero-order chi connectivity index (χ0) is 27.4. The summed E-state index contributed by atoms with van der Waals surface area (Å²) in [4.78, 5) is 16.1. The van der Waals surface area contributed by atoms with Crippen molar-refractivity contribution in [3.63, 3.8) is 0 Å². The third-order valence-corrected chi connectivity index (χ3v) is 6.89. The summed E-state index contributed by atoms with van der Waals surface area (Å²) in [6.07, 6.45) is 0.545. The Bertz CT molecular complexity index is 1380. The number of aromatic nitrogens is 1. The first-order valence-electron chi connectivity index (χ1n) is 11.8. The highest BCUT2D eigenvalue weighted by Crippen LogP contribution is 2.14. The number of rotatable bonds is 10. The Morgan fingerprint density at radius 2 is 1.61 bits per heavy atom. The first-order chi connectivity index (χ1) is 18.2. The van der Waals surface area contributed by atoms with E-state index in [4.69, 9.17) is 10.3 Å². The summed E-state index contributed by atoms with van der Waals surface area (Å²) in [6.45, 7) is 1.28. The molecule has 1 atom stereocenters. The molecule has 4 rings (SSSR count). The molecule has 38 heavy (non-hydrogen) atoms. The van der Waals surface area contributed by atoms with Crippen LogP contribution in [-0.2, 0) is 27.8 Å². The van der Waals surface area contributed by atoms with Gasteiger partial charge in [-0.25, -0.2) is 4.98 Å². The van der Waals surface area contributed by atoms with Gasteiger partial charge < -0.3 is 21.5 Å². The molecule has 0 unspecified atom stereocenters. The average molecular weight is 555 g/mol. The summed E-state index contributed by atoms with van der Waals surface area (Å²) in [5.41, 5.74) is 9.08. The van der Waals surface area contributed by atoms with E-state index in [2.05, 4.69) is 15.6 Å². The van der Waals surface area contributed by atoms with Crippen LogP contribution in [0.15, 0.2) is 95.2 Å². The molecule has 0 fully saturated rings. The predicted octanol–water partition coefficient (Wildman–Crippen LogP) is 3.71. The lowest BCUT2D eigenvalue weighted by molar-refractivity contribution is -0.115. The normalized spacial score (nSPS) is 11.7. The number of nitrogen functional groups attached to an aromatic ring is 1. The molecule has 4 aromatic rings. The summed E-state index contributed by atoms with van der Waals surface area (Å²) >= 11 is 1.33. The van der Waals surface area contributed by atoms with Gasteiger partial charge in [0.1, 0.15) is 0 Å². The standard InChI is InChI=1S/C21H24N4O2S.C6H6O3S/c22-21-25-18(14-28-21)12-20(27)24-17-8-6-15(7-9-17)10-11-23-13-19(26)16-4-2-1-3-5-16;7-10(8,9)6-4-2-1-3-5-6/h1-9,14,19,23,26H,10-13H2,(H2,22,25)(H,24,27);1-5H,(H,7,8,9)/t19-;/m0./s1. The first kappa shape index (κ1) is 29.0. The van der Waals surface area contributed by atoms with Crippen LogP contribution in [0, 0.1) is 0 Å². The van der Waals surface area contributed by atoms with Gasteiger partial charge in [0.15, 0.2) is 5.13 Å². The number of carbonyl (C=O) groups excluding carboxylic acids is 1. The van der Waals surface area contributed by atoms with Gasteiger partial charge in [-0.2, -0.15) is 8.42 Å². The molecule has 11 heteroatoms. The Kier molecular flexibility index (Phi) is 10.9. The molecule has 1 heterocycles. The zero-order valence-corrected chi connectivity index (χ0v) is 22.2. The van der Waals surface area contributed by atoms with Crippen LogP contribution in [0.3, 0.4) is 0 Å². The van der Waals surface area contributed by atoms with Gasteiger partial charge in [-0.15, -0.1) is 11.3 Å². The fourth-order valence-corrected chi connectivity index (χ4v) is 4.45. The van der Waals surface area contributed by atoms with Crippen molar-refractivity contribution in [2.75, 3.05) is 24.1 Å². The van der Waals surface area contributed by atoms with E-state index in [-0.39, 0.29) is 17.2 Å². The van der Waals surface area contributed by atoms with Crippen LogP contribution >= 0.6 is 11.3 Å². The average Bonchev–Trinajstić information content (AvgIpc) is 3.32. The second-order valence-electron chi connectivity index (χ2n) is 8.27. The number of hydrogen-bond acceptors (Lipinski definition) is 8. The summed E-state index contributed by atoms with van der Waals surface area (Å²) in [6, 6.07) is 24.8. The molecule has 200 valence electrons. The molecule has 1 amide bonds. The molecule has 0 spiro atoms. The number of nitrogens with zero attached hydrogens (tertiary/aromatic N) is 1. The topological polar surface area (TPSA) is 155 Å². The number of benzene rings is 3. The van der Waals surface area contributed by atoms with Gasteiger partial charge in [0.2, 0.25) is 5.91 Å². The lowest BCUT2D eigenvalue weighted by Crippen LogP contribution is -2.23. The zero-order valence-electron chi connectivity index (χ0n) is 20.5. The highest BCUT2D eigenvalue weighted by molar-refractivity contribution is 7.85. The minimum absolute atomic E-state index is 0.0741. The van der Waals surface area contributed by atoms with Crippen molar-refractivity contribution in [3.05, 3.63) is 107 Å². The van der Waals surface area contributed by atoms with Gasteiger partial charge in [0.05, 0.1) is 23.1 Å². The van der Waals surface area contributed by atoms with Gasteiger partial charge >= 0.3 is 0 Å². The number of nitrogens with one attached hydrogen (secondary N) is 2. The van der Waals surface area contributed by atoms with Gasteiger partial charge in [0.25, 0.3) is 10.1 Å². The molecule has 0 saturated carbocycles. The van der Waals surface area contributed by atoms with E-state index in [0.29, 0.717) is 17.4 Å². The van der Waals surface area contributed by atoms with Crippen molar-refractivity contribution in [2.45, 2.75) is 23.8 Å². The quantitative estimate of drug-likeness (QED) is 0.147. The van der Waals surface area contributed by atoms with Gasteiger partial charge in [-0.3, -0.25) is 9.35 Å². The molecule has 0 radical (unpaired) electrons. The van der Waals surface area contributed by atoms with E-state index in [1.54, 1.807) is 23.6 Å². The minimum atomic E-state index is -4.00. The Hall–Kier alpha value is -3.61. The molecular weight excluding hydrogens is 524 g/mol. The van der Waals surface area contributed by atoms with Crippen LogP contribution in [0.5, 0.6) is 0 Å². The third kappa shape index (κ3) is 10.0. The molecule has 1 aromatic heterocycles. The number of hydrogen-bond donors (Lipinski definition) is 5. The van der Waals surface area contributed by atoms with Crippen LogP contribution in [0.2, 0.25) is 0 Å². The first-order valence-corrected chi connectivity index (χ1v) is 14.1. The minimum Gasteiger partial charge on any atom is -0.387 e. The number of thiazole rings is 1. The van der Waals surface area contributed by atoms with Crippen molar-refractivity contribution in [2.24, 2.45) is 0 Å². The fourth-order valence-electron chi connectivity index (χ4n) is 3.39. The Morgan fingerprint density at radius 1 is 0.974 bits per heavy atom. The number of carbonyl (C=O) groups is 1. The molecule has 0 aliphatic carbocycles. The summed E-state index contributed by atoms with van der Waals surface area (Å²) in [5.74, 6) is -0.116. The van der Waals surface area contributed by atoms with Crippen LogP contribution < -0.4 is 16.4 Å². The van der Waals surface area contributed by atoms with Crippen LogP contribution in [-0.4, -0.2) is 42.1 Å². The second kappa shape index (κ2) is 14.4. The van der Waals surface area contributed by atoms with Crippen molar-refractivity contribution in [3.8, 4) is 0 Å². The summed E-state index contributed by atoms with van der Waals surface area (Å²) in [7, 11) is -4.00. The van der Waals surface area contributed by atoms with Crippen LogP contribution in [0.4, 0.5) is 10.8 Å². The Labute approximate surface area is 226 Å². The second-order valence-corrected chi connectivity index (χ2v) is 10.6.